The second kappa shape index (κ2) is 13.1. The van der Waals surface area contributed by atoms with Crippen molar-refractivity contribution >= 4 is 11.6 Å². The highest BCUT2D eigenvalue weighted by molar-refractivity contribution is 5.94. The van der Waals surface area contributed by atoms with Gasteiger partial charge >= 0.3 is 0 Å². The Labute approximate surface area is 228 Å². The predicted octanol–water partition coefficient (Wildman–Crippen LogP) is 3.15. The Kier molecular flexibility index (Phi) is 9.31. The van der Waals surface area contributed by atoms with Gasteiger partial charge in [-0.05, 0) is 35.7 Å². The Morgan fingerprint density at radius 3 is 2.54 bits per heavy atom. The fraction of sp³-hybridized carbons (Fsp3) is 0.552. The summed E-state index contributed by atoms with van der Waals surface area (Å²) in [6.45, 7) is 6.32. The first kappa shape index (κ1) is 27.8. The van der Waals surface area contributed by atoms with E-state index in [1.807, 2.05) is 18.2 Å². The molecule has 39 heavy (non-hydrogen) atoms. The number of hydrogen-bond acceptors (Lipinski definition) is 8. The summed E-state index contributed by atoms with van der Waals surface area (Å²) in [5.74, 6) is 0.490. The summed E-state index contributed by atoms with van der Waals surface area (Å²) < 4.78 is 49.6. The second-order valence-corrected chi connectivity index (χ2v) is 9.88. The third-order valence-electron chi connectivity index (χ3n) is 7.56. The molecule has 2 aromatic rings. The van der Waals surface area contributed by atoms with Gasteiger partial charge in [-0.25, -0.2) is 4.39 Å². The molecule has 5 rings (SSSR count). The van der Waals surface area contributed by atoms with Crippen molar-refractivity contribution in [3.63, 3.8) is 0 Å². The van der Waals surface area contributed by atoms with Crippen molar-refractivity contribution in [1.29, 1.82) is 0 Å². The van der Waals surface area contributed by atoms with Crippen molar-refractivity contribution in [3.8, 4) is 11.5 Å². The van der Waals surface area contributed by atoms with Gasteiger partial charge in [0.2, 0.25) is 0 Å². The number of rotatable bonds is 11. The molecule has 2 saturated heterocycles. The molecular weight excluding hydrogens is 507 g/mol. The van der Waals surface area contributed by atoms with Gasteiger partial charge in [-0.2, -0.15) is 0 Å². The lowest BCUT2D eigenvalue weighted by atomic mass is 9.91. The monoisotopic (exact) mass is 544 g/mol. The number of fused-ring (bicyclic) bond motifs is 1. The van der Waals surface area contributed by atoms with E-state index in [4.69, 9.17) is 28.4 Å². The van der Waals surface area contributed by atoms with Crippen LogP contribution in [-0.2, 0) is 23.7 Å². The van der Waals surface area contributed by atoms with Crippen LogP contribution in [0, 0.1) is 5.82 Å². The maximum absolute atomic E-state index is 15.7. The molecule has 2 fully saturated rings. The number of carbonyl (C=O) groups excluding carboxylic acids is 1. The predicted molar refractivity (Wildman–Crippen MR) is 142 cm³/mol. The highest BCUT2D eigenvalue weighted by atomic mass is 19.1. The number of morpholine rings is 2. The van der Waals surface area contributed by atoms with E-state index in [0.29, 0.717) is 62.1 Å². The first-order valence-corrected chi connectivity index (χ1v) is 13.5. The van der Waals surface area contributed by atoms with Crippen LogP contribution >= 0.6 is 0 Å². The number of carbonyl (C=O) groups is 1. The number of methoxy groups -OCH3 is 2. The Morgan fingerprint density at radius 2 is 1.79 bits per heavy atom. The van der Waals surface area contributed by atoms with Crippen molar-refractivity contribution in [3.05, 3.63) is 52.8 Å². The Balaban J connectivity index is 1.41. The molecule has 2 aliphatic heterocycles. The van der Waals surface area contributed by atoms with E-state index >= 15 is 4.39 Å². The Morgan fingerprint density at radius 1 is 0.974 bits per heavy atom. The summed E-state index contributed by atoms with van der Waals surface area (Å²) in [5.41, 5.74) is 2.93. The Bertz CT molecular complexity index is 1140. The van der Waals surface area contributed by atoms with E-state index < -0.39 is 0 Å². The molecule has 2 unspecified atom stereocenters. The van der Waals surface area contributed by atoms with Crippen LogP contribution in [0.25, 0.3) is 0 Å². The van der Waals surface area contributed by atoms with Gasteiger partial charge in [-0.15, -0.1) is 0 Å². The number of ether oxygens (including phenoxy) is 6. The lowest BCUT2D eigenvalue weighted by molar-refractivity contribution is -0.125. The summed E-state index contributed by atoms with van der Waals surface area (Å²) in [4.78, 5) is 16.2. The van der Waals surface area contributed by atoms with Crippen molar-refractivity contribution in [1.82, 2.24) is 4.90 Å². The summed E-state index contributed by atoms with van der Waals surface area (Å²) in [7, 11) is 3.24. The molecule has 0 N–H and O–H groups in total. The number of amides is 1. The quantitative estimate of drug-likeness (QED) is 0.400. The van der Waals surface area contributed by atoms with Crippen LogP contribution in [0.2, 0.25) is 0 Å². The molecule has 0 bridgehead atoms. The number of anilines is 1. The first-order chi connectivity index (χ1) is 19.1. The van der Waals surface area contributed by atoms with E-state index in [0.717, 1.165) is 44.0 Å². The zero-order chi connectivity index (χ0) is 27.2. The molecule has 0 saturated carbocycles. The van der Waals surface area contributed by atoms with Gasteiger partial charge in [0, 0.05) is 56.5 Å². The first-order valence-electron chi connectivity index (χ1n) is 13.5. The van der Waals surface area contributed by atoms with E-state index in [-0.39, 0.29) is 30.4 Å². The molecule has 2 atom stereocenters. The normalized spacial score (nSPS) is 21.7. The van der Waals surface area contributed by atoms with Crippen molar-refractivity contribution < 1.29 is 37.6 Å². The zero-order valence-corrected chi connectivity index (χ0v) is 22.7. The van der Waals surface area contributed by atoms with Gasteiger partial charge in [-0.1, -0.05) is 6.07 Å². The molecular formula is C29H37FN2O7. The van der Waals surface area contributed by atoms with Crippen LogP contribution in [0.5, 0.6) is 11.5 Å². The second-order valence-electron chi connectivity index (χ2n) is 9.88. The van der Waals surface area contributed by atoms with Gasteiger partial charge in [0.1, 0.15) is 30.5 Å². The number of nitrogens with zero attached hydrogens (tertiary/aromatic N) is 2. The molecule has 1 amide bonds. The molecule has 0 radical (unpaired) electrons. The molecule has 1 aliphatic carbocycles. The van der Waals surface area contributed by atoms with Gasteiger partial charge in [0.25, 0.3) is 5.91 Å². The SMILES string of the molecule is COCCOc1cc(OC)c2c(c1)C(OCCN1CCOCC1)CC2c1ccc(N2CCOCC2=O)cc1F. The smallest absolute Gasteiger partial charge is 0.253 e. The summed E-state index contributed by atoms with van der Waals surface area (Å²) >= 11 is 0. The van der Waals surface area contributed by atoms with E-state index in [1.54, 1.807) is 25.2 Å². The molecule has 3 aliphatic rings. The minimum Gasteiger partial charge on any atom is -0.496 e. The summed E-state index contributed by atoms with van der Waals surface area (Å²) in [5, 5.41) is 0. The standard InChI is InChI=1S/C29H37FN2O7/c1-34-13-14-38-21-16-24-26(39-12-7-31-5-9-36-10-6-31)18-23(29(24)27(17-21)35-2)22-4-3-20(15-25(22)30)32-8-11-37-19-28(32)33/h3-4,15-17,23,26H,5-14,18-19H2,1-2H3. The molecule has 212 valence electrons. The fourth-order valence-electron chi connectivity index (χ4n) is 5.56. The average molecular weight is 545 g/mol. The van der Waals surface area contributed by atoms with Gasteiger partial charge in [-0.3, -0.25) is 9.69 Å². The largest absolute Gasteiger partial charge is 0.496 e. The lowest BCUT2D eigenvalue weighted by Crippen LogP contribution is -2.41. The maximum atomic E-state index is 15.7. The van der Waals surface area contributed by atoms with Crippen molar-refractivity contribution in [2.24, 2.45) is 0 Å². The Hall–Kier alpha value is -2.76. The van der Waals surface area contributed by atoms with E-state index in [2.05, 4.69) is 4.90 Å². The van der Waals surface area contributed by atoms with E-state index in [9.17, 15) is 4.79 Å². The van der Waals surface area contributed by atoms with Crippen LogP contribution in [-0.4, -0.2) is 97.5 Å². The minimum absolute atomic E-state index is 0.00876. The highest BCUT2D eigenvalue weighted by Gasteiger charge is 2.38. The highest BCUT2D eigenvalue weighted by Crippen LogP contribution is 2.52. The number of benzene rings is 2. The maximum Gasteiger partial charge on any atom is 0.253 e. The summed E-state index contributed by atoms with van der Waals surface area (Å²) in [6, 6.07) is 8.85. The molecule has 2 aromatic carbocycles. The zero-order valence-electron chi connectivity index (χ0n) is 22.7. The molecule has 0 aromatic heterocycles. The molecule has 0 spiro atoms. The fourth-order valence-corrected chi connectivity index (χ4v) is 5.56. The third kappa shape index (κ3) is 6.36. The van der Waals surface area contributed by atoms with E-state index in [1.165, 1.54) is 6.07 Å². The number of hydrogen-bond donors (Lipinski definition) is 0. The van der Waals surface area contributed by atoms with Crippen LogP contribution < -0.4 is 14.4 Å². The van der Waals surface area contributed by atoms with Crippen LogP contribution in [0.3, 0.4) is 0 Å². The minimum atomic E-state index is -0.362. The third-order valence-corrected chi connectivity index (χ3v) is 7.56. The van der Waals surface area contributed by atoms with Crippen molar-refractivity contribution in [2.45, 2.75) is 18.4 Å². The molecule has 10 heteroatoms. The topological polar surface area (TPSA) is 78.9 Å². The molecule has 9 nitrogen and oxygen atoms in total. The van der Waals surface area contributed by atoms with Crippen molar-refractivity contribution in [2.75, 3.05) is 91.5 Å². The summed E-state index contributed by atoms with van der Waals surface area (Å²) in [6.07, 6.45) is 0.328. The number of halogens is 1. The van der Waals surface area contributed by atoms with Crippen LogP contribution in [0.4, 0.5) is 10.1 Å². The average Bonchev–Trinajstić information content (AvgIpc) is 3.31. The van der Waals surface area contributed by atoms with Gasteiger partial charge < -0.3 is 33.3 Å². The van der Waals surface area contributed by atoms with Gasteiger partial charge in [0.15, 0.2) is 0 Å². The van der Waals surface area contributed by atoms with Crippen LogP contribution in [0.1, 0.15) is 35.1 Å². The lowest BCUT2D eigenvalue weighted by Gasteiger charge is -2.27. The van der Waals surface area contributed by atoms with Crippen LogP contribution in [0.15, 0.2) is 30.3 Å². The van der Waals surface area contributed by atoms with Gasteiger partial charge in [0.05, 0.1) is 46.2 Å². The molecule has 2 heterocycles.